The second-order valence-electron chi connectivity index (χ2n) is 5.89. The van der Waals surface area contributed by atoms with Crippen LogP contribution in [0.2, 0.25) is 0 Å². The molecular formula is C19H20OS2. The van der Waals surface area contributed by atoms with Gasteiger partial charge in [0.25, 0.3) is 0 Å². The summed E-state index contributed by atoms with van der Waals surface area (Å²) in [6.07, 6.45) is 2.82. The molecule has 114 valence electrons. The number of ether oxygens (including phenoxy) is 1. The molecule has 0 saturated carbocycles. The summed E-state index contributed by atoms with van der Waals surface area (Å²) in [5.74, 6) is 2.50. The second kappa shape index (κ2) is 6.31. The maximum Gasteiger partial charge on any atom is 0.107 e. The Morgan fingerprint density at radius 1 is 0.818 bits per heavy atom. The maximum atomic E-state index is 6.59. The molecule has 2 aromatic carbocycles. The van der Waals surface area contributed by atoms with Crippen molar-refractivity contribution >= 4 is 23.5 Å². The lowest BCUT2D eigenvalue weighted by Gasteiger charge is -2.36. The predicted octanol–water partition coefficient (Wildman–Crippen LogP) is 5.46. The van der Waals surface area contributed by atoms with Gasteiger partial charge in [0, 0.05) is 6.42 Å². The molecule has 0 aromatic heterocycles. The van der Waals surface area contributed by atoms with E-state index in [1.54, 1.807) is 0 Å². The van der Waals surface area contributed by atoms with Gasteiger partial charge in [-0.2, -0.15) is 0 Å². The summed E-state index contributed by atoms with van der Waals surface area (Å²) in [5.41, 5.74) is 2.63. The van der Waals surface area contributed by atoms with E-state index in [0.29, 0.717) is 0 Å². The van der Waals surface area contributed by atoms with Crippen molar-refractivity contribution < 1.29 is 4.74 Å². The highest BCUT2D eigenvalue weighted by molar-refractivity contribution is 8.18. The first kappa shape index (κ1) is 14.7. The highest BCUT2D eigenvalue weighted by atomic mass is 32.2. The van der Waals surface area contributed by atoms with Crippen LogP contribution in [0.1, 0.15) is 36.2 Å². The standard InChI is InChI=1S/C19H20OS2/c1-3-8-15(9-4-1)17-14-19(21-12-7-13-22-19)18(20-17)16-10-5-2-6-11-16/h1-6,8-11,17-18H,7,12-14H2/t17-,18+/m0/s1. The van der Waals surface area contributed by atoms with Crippen LogP contribution in [0, 0.1) is 0 Å². The van der Waals surface area contributed by atoms with Crippen LogP contribution in [-0.4, -0.2) is 15.6 Å². The van der Waals surface area contributed by atoms with Gasteiger partial charge < -0.3 is 4.74 Å². The van der Waals surface area contributed by atoms with Crippen LogP contribution in [0.5, 0.6) is 0 Å². The lowest BCUT2D eigenvalue weighted by molar-refractivity contribution is 0.0433. The normalized spacial score (nSPS) is 27.1. The fourth-order valence-electron chi connectivity index (χ4n) is 3.37. The van der Waals surface area contributed by atoms with Crippen LogP contribution in [-0.2, 0) is 4.74 Å². The summed E-state index contributed by atoms with van der Waals surface area (Å²) in [5, 5.41) is 0. The molecule has 0 bridgehead atoms. The number of hydrogen-bond donors (Lipinski definition) is 0. The zero-order valence-electron chi connectivity index (χ0n) is 12.5. The smallest absolute Gasteiger partial charge is 0.107 e. The van der Waals surface area contributed by atoms with Crippen LogP contribution in [0.15, 0.2) is 60.7 Å². The first-order chi connectivity index (χ1) is 10.9. The van der Waals surface area contributed by atoms with E-state index >= 15 is 0 Å². The SMILES string of the molecule is c1ccc([C@@H]2CC3(SCCCS3)[C@@H](c3ccccc3)O2)cc1. The predicted molar refractivity (Wildman–Crippen MR) is 96.3 cm³/mol. The molecular weight excluding hydrogens is 308 g/mol. The topological polar surface area (TPSA) is 9.23 Å². The van der Waals surface area contributed by atoms with E-state index in [9.17, 15) is 0 Å². The van der Waals surface area contributed by atoms with Crippen molar-refractivity contribution in [3.05, 3.63) is 71.8 Å². The Bertz CT molecular complexity index is 608. The van der Waals surface area contributed by atoms with Crippen molar-refractivity contribution in [1.82, 2.24) is 0 Å². The molecule has 0 N–H and O–H groups in total. The largest absolute Gasteiger partial charge is 0.363 e. The van der Waals surface area contributed by atoms with Gasteiger partial charge in [-0.15, -0.1) is 23.5 Å². The lowest BCUT2D eigenvalue weighted by Crippen LogP contribution is -2.28. The number of thioether (sulfide) groups is 2. The van der Waals surface area contributed by atoms with Gasteiger partial charge in [0.15, 0.2) is 0 Å². The molecule has 2 aliphatic rings. The molecule has 22 heavy (non-hydrogen) atoms. The summed E-state index contributed by atoms with van der Waals surface area (Å²) in [7, 11) is 0. The van der Waals surface area contributed by atoms with Crippen molar-refractivity contribution in [2.45, 2.75) is 29.1 Å². The van der Waals surface area contributed by atoms with Crippen LogP contribution < -0.4 is 0 Å². The van der Waals surface area contributed by atoms with Gasteiger partial charge in [0.1, 0.15) is 6.10 Å². The Morgan fingerprint density at radius 3 is 2.05 bits per heavy atom. The van der Waals surface area contributed by atoms with E-state index in [0.717, 1.165) is 6.42 Å². The summed E-state index contributed by atoms with van der Waals surface area (Å²) < 4.78 is 6.77. The molecule has 2 aliphatic heterocycles. The molecule has 0 unspecified atom stereocenters. The summed E-state index contributed by atoms with van der Waals surface area (Å²) in [6.45, 7) is 0. The van der Waals surface area contributed by atoms with Gasteiger partial charge in [-0.05, 0) is 29.1 Å². The molecule has 0 amide bonds. The highest BCUT2D eigenvalue weighted by Crippen LogP contribution is 2.61. The average Bonchev–Trinajstić information content (AvgIpc) is 2.96. The van der Waals surface area contributed by atoms with Gasteiger partial charge >= 0.3 is 0 Å². The van der Waals surface area contributed by atoms with Crippen LogP contribution in [0.25, 0.3) is 0 Å². The molecule has 2 aromatic rings. The van der Waals surface area contributed by atoms with E-state index in [2.05, 4.69) is 84.2 Å². The summed E-state index contributed by atoms with van der Waals surface area (Å²) >= 11 is 4.22. The monoisotopic (exact) mass is 328 g/mol. The molecule has 2 saturated heterocycles. The van der Waals surface area contributed by atoms with E-state index < -0.39 is 0 Å². The fourth-order valence-corrected chi connectivity index (χ4v) is 6.87. The molecule has 2 fully saturated rings. The molecule has 4 rings (SSSR count). The minimum absolute atomic E-state index is 0.181. The van der Waals surface area contributed by atoms with Crippen LogP contribution in [0.3, 0.4) is 0 Å². The molecule has 0 aliphatic carbocycles. The summed E-state index contributed by atoms with van der Waals surface area (Å²) in [4.78, 5) is 0. The maximum absolute atomic E-state index is 6.59. The first-order valence-corrected chi connectivity index (χ1v) is 9.88. The van der Waals surface area contributed by atoms with E-state index in [4.69, 9.17) is 4.74 Å². The number of benzene rings is 2. The van der Waals surface area contributed by atoms with E-state index in [1.165, 1.54) is 29.1 Å². The molecule has 3 heteroatoms. The average molecular weight is 329 g/mol. The third-order valence-corrected chi connectivity index (χ3v) is 7.86. The Kier molecular flexibility index (Phi) is 4.21. The van der Waals surface area contributed by atoms with Gasteiger partial charge in [0.05, 0.1) is 10.2 Å². The second-order valence-corrected chi connectivity index (χ2v) is 9.00. The Balaban J connectivity index is 1.68. The Hall–Kier alpha value is -0.900. The molecule has 1 spiro atoms. The minimum Gasteiger partial charge on any atom is -0.363 e. The van der Waals surface area contributed by atoms with Crippen LogP contribution >= 0.6 is 23.5 Å². The van der Waals surface area contributed by atoms with E-state index in [-0.39, 0.29) is 16.3 Å². The van der Waals surface area contributed by atoms with Crippen LogP contribution in [0.4, 0.5) is 0 Å². The van der Waals surface area contributed by atoms with Gasteiger partial charge in [-0.3, -0.25) is 0 Å². The zero-order chi connectivity index (χ0) is 14.8. The first-order valence-electron chi connectivity index (χ1n) is 7.91. The van der Waals surface area contributed by atoms with Gasteiger partial charge in [-0.25, -0.2) is 0 Å². The van der Waals surface area contributed by atoms with Crippen molar-refractivity contribution in [2.24, 2.45) is 0 Å². The summed E-state index contributed by atoms with van der Waals surface area (Å²) in [6, 6.07) is 21.5. The van der Waals surface area contributed by atoms with E-state index in [1.807, 2.05) is 0 Å². The highest BCUT2D eigenvalue weighted by Gasteiger charge is 2.51. The molecule has 2 atom stereocenters. The third-order valence-electron chi connectivity index (χ3n) is 4.42. The lowest BCUT2D eigenvalue weighted by atomic mass is 10.0. The van der Waals surface area contributed by atoms with Crippen molar-refractivity contribution in [2.75, 3.05) is 11.5 Å². The van der Waals surface area contributed by atoms with Crippen molar-refractivity contribution in [1.29, 1.82) is 0 Å². The quantitative estimate of drug-likeness (QED) is 0.725. The minimum atomic E-state index is 0.181. The fraction of sp³-hybridized carbons (Fsp3) is 0.368. The zero-order valence-corrected chi connectivity index (χ0v) is 14.1. The van der Waals surface area contributed by atoms with Crippen molar-refractivity contribution in [3.8, 4) is 0 Å². The molecule has 1 nitrogen and oxygen atoms in total. The molecule has 0 radical (unpaired) electrons. The number of hydrogen-bond acceptors (Lipinski definition) is 3. The third kappa shape index (κ3) is 2.70. The van der Waals surface area contributed by atoms with Gasteiger partial charge in [0.2, 0.25) is 0 Å². The van der Waals surface area contributed by atoms with Gasteiger partial charge in [-0.1, -0.05) is 60.7 Å². The molecule has 2 heterocycles. The van der Waals surface area contributed by atoms with Crippen molar-refractivity contribution in [3.63, 3.8) is 0 Å². The Morgan fingerprint density at radius 2 is 1.41 bits per heavy atom. The number of rotatable bonds is 2. The Labute approximate surface area is 140 Å².